The fourth-order valence-corrected chi connectivity index (χ4v) is 2.33. The Bertz CT molecular complexity index is 613. The van der Waals surface area contributed by atoms with Crippen LogP contribution >= 0.6 is 11.3 Å². The van der Waals surface area contributed by atoms with Crippen molar-refractivity contribution in [3.05, 3.63) is 56.5 Å². The molecule has 0 saturated heterocycles. The van der Waals surface area contributed by atoms with Gasteiger partial charge in [-0.05, 0) is 7.05 Å². The van der Waals surface area contributed by atoms with E-state index in [9.17, 15) is 14.9 Å². The van der Waals surface area contributed by atoms with Gasteiger partial charge in [-0.15, -0.1) is 11.3 Å². The number of Topliss-reactive ketones (excluding diaryl/α,β-unsaturated/α-hetero) is 1. The van der Waals surface area contributed by atoms with Crippen molar-refractivity contribution >= 4 is 22.8 Å². The average molecular weight is 291 g/mol. The van der Waals surface area contributed by atoms with Gasteiger partial charge in [-0.3, -0.25) is 19.8 Å². The summed E-state index contributed by atoms with van der Waals surface area (Å²) in [5.74, 6) is -0.147. The molecule has 0 bridgehead atoms. The molecular formula is C13H13N3O3S. The Kier molecular flexibility index (Phi) is 4.54. The quantitative estimate of drug-likeness (QED) is 0.464. The van der Waals surface area contributed by atoms with E-state index < -0.39 is 4.92 Å². The smallest absolute Gasteiger partial charge is 0.270 e. The molecular weight excluding hydrogens is 278 g/mol. The number of carbonyl (C=O) groups is 1. The van der Waals surface area contributed by atoms with E-state index in [4.69, 9.17) is 0 Å². The lowest BCUT2D eigenvalue weighted by Gasteiger charge is -2.14. The van der Waals surface area contributed by atoms with Crippen molar-refractivity contribution in [2.24, 2.45) is 0 Å². The summed E-state index contributed by atoms with van der Waals surface area (Å²) in [7, 11) is 1.81. The van der Waals surface area contributed by atoms with Gasteiger partial charge in [0.05, 0.1) is 22.7 Å². The summed E-state index contributed by atoms with van der Waals surface area (Å²) in [6.45, 7) is 0.767. The highest BCUT2D eigenvalue weighted by molar-refractivity contribution is 7.07. The molecule has 1 heterocycles. The SMILES string of the molecule is CN(CC(=O)c1cccc([N+](=O)[O-])c1)Cc1cscn1. The maximum Gasteiger partial charge on any atom is 0.270 e. The molecule has 1 aromatic heterocycles. The molecule has 104 valence electrons. The van der Waals surface area contributed by atoms with Gasteiger partial charge in [-0.1, -0.05) is 12.1 Å². The van der Waals surface area contributed by atoms with Crippen molar-refractivity contribution in [2.45, 2.75) is 6.54 Å². The van der Waals surface area contributed by atoms with Crippen LogP contribution in [0.4, 0.5) is 5.69 Å². The minimum absolute atomic E-state index is 0.0713. The Hall–Kier alpha value is -2.12. The first-order chi connectivity index (χ1) is 9.56. The largest absolute Gasteiger partial charge is 0.293 e. The van der Waals surface area contributed by atoms with Gasteiger partial charge in [0, 0.05) is 29.6 Å². The lowest BCUT2D eigenvalue weighted by molar-refractivity contribution is -0.384. The summed E-state index contributed by atoms with van der Waals surface area (Å²) in [5.41, 5.74) is 2.93. The third-order valence-electron chi connectivity index (χ3n) is 2.71. The zero-order chi connectivity index (χ0) is 14.5. The van der Waals surface area contributed by atoms with Crippen molar-refractivity contribution in [1.29, 1.82) is 0 Å². The summed E-state index contributed by atoms with van der Waals surface area (Å²) < 4.78 is 0. The number of carbonyl (C=O) groups excluding carboxylic acids is 1. The predicted octanol–water partition coefficient (Wildman–Crippen LogP) is 2.37. The fraction of sp³-hybridized carbons (Fsp3) is 0.231. The van der Waals surface area contributed by atoms with E-state index >= 15 is 0 Å². The van der Waals surface area contributed by atoms with Gasteiger partial charge in [0.15, 0.2) is 5.78 Å². The third kappa shape index (κ3) is 3.69. The Balaban J connectivity index is 2.00. The first-order valence-electron chi connectivity index (χ1n) is 5.89. The molecule has 0 unspecified atom stereocenters. The highest BCUT2D eigenvalue weighted by Crippen LogP contribution is 2.14. The van der Waals surface area contributed by atoms with Gasteiger partial charge in [-0.2, -0.15) is 0 Å². The molecule has 1 aromatic carbocycles. The van der Waals surface area contributed by atoms with E-state index in [1.807, 2.05) is 17.3 Å². The molecule has 0 aliphatic carbocycles. The molecule has 2 aromatic rings. The van der Waals surface area contributed by atoms with Crippen LogP contribution in [0.1, 0.15) is 16.1 Å². The van der Waals surface area contributed by atoms with Crippen LogP contribution in [0.5, 0.6) is 0 Å². The zero-order valence-electron chi connectivity index (χ0n) is 10.9. The van der Waals surface area contributed by atoms with Crippen molar-refractivity contribution in [1.82, 2.24) is 9.88 Å². The molecule has 0 atom stereocenters. The highest BCUT2D eigenvalue weighted by Gasteiger charge is 2.13. The number of nitro groups is 1. The number of hydrogen-bond donors (Lipinski definition) is 0. The standard InChI is InChI=1S/C13H13N3O3S/c1-15(6-11-8-20-9-14-11)7-13(17)10-3-2-4-12(5-10)16(18)19/h2-5,8-9H,6-7H2,1H3. The molecule has 6 nitrogen and oxygen atoms in total. The van der Waals surface area contributed by atoms with E-state index in [1.165, 1.54) is 29.5 Å². The van der Waals surface area contributed by atoms with Crippen LogP contribution in [-0.2, 0) is 6.54 Å². The van der Waals surface area contributed by atoms with Gasteiger partial charge < -0.3 is 0 Å². The van der Waals surface area contributed by atoms with Gasteiger partial charge in [0.25, 0.3) is 5.69 Å². The Morgan fingerprint density at radius 2 is 2.30 bits per heavy atom. The molecule has 7 heteroatoms. The highest BCUT2D eigenvalue weighted by atomic mass is 32.1. The number of ketones is 1. The van der Waals surface area contributed by atoms with Crippen LogP contribution in [0.3, 0.4) is 0 Å². The monoisotopic (exact) mass is 291 g/mol. The Morgan fingerprint density at radius 1 is 1.50 bits per heavy atom. The third-order valence-corrected chi connectivity index (χ3v) is 3.34. The molecule has 20 heavy (non-hydrogen) atoms. The van der Waals surface area contributed by atoms with Crippen LogP contribution in [0.15, 0.2) is 35.2 Å². The summed E-state index contributed by atoms with van der Waals surface area (Å²) in [4.78, 5) is 28.2. The van der Waals surface area contributed by atoms with Gasteiger partial charge in [-0.25, -0.2) is 4.98 Å². The maximum atomic E-state index is 12.1. The fourth-order valence-electron chi connectivity index (χ4n) is 1.78. The first kappa shape index (κ1) is 14.3. The number of aromatic nitrogens is 1. The second-order valence-corrected chi connectivity index (χ2v) is 5.10. The molecule has 0 amide bonds. The van der Waals surface area contributed by atoms with Crippen molar-refractivity contribution in [2.75, 3.05) is 13.6 Å². The normalized spacial score (nSPS) is 10.7. The minimum Gasteiger partial charge on any atom is -0.293 e. The zero-order valence-corrected chi connectivity index (χ0v) is 11.7. The number of nitrogens with zero attached hydrogens (tertiary/aromatic N) is 3. The molecule has 2 rings (SSSR count). The van der Waals surface area contributed by atoms with Crippen LogP contribution in [0.2, 0.25) is 0 Å². The topological polar surface area (TPSA) is 76.3 Å². The van der Waals surface area contributed by atoms with Crippen LogP contribution in [0.25, 0.3) is 0 Å². The van der Waals surface area contributed by atoms with Crippen molar-refractivity contribution in [3.63, 3.8) is 0 Å². The van der Waals surface area contributed by atoms with Crippen molar-refractivity contribution < 1.29 is 9.72 Å². The summed E-state index contributed by atoms with van der Waals surface area (Å²) >= 11 is 1.50. The number of rotatable bonds is 6. The Labute approximate surface area is 119 Å². The van der Waals surface area contributed by atoms with Crippen molar-refractivity contribution in [3.8, 4) is 0 Å². The van der Waals surface area contributed by atoms with E-state index in [-0.39, 0.29) is 18.0 Å². The number of non-ortho nitro benzene ring substituents is 1. The van der Waals surface area contributed by atoms with Gasteiger partial charge in [0.1, 0.15) is 0 Å². The van der Waals surface area contributed by atoms with Gasteiger partial charge in [0.2, 0.25) is 0 Å². The second kappa shape index (κ2) is 6.36. The summed E-state index contributed by atoms with van der Waals surface area (Å²) in [5, 5.41) is 12.6. The molecule has 0 radical (unpaired) electrons. The lowest BCUT2D eigenvalue weighted by Crippen LogP contribution is -2.25. The second-order valence-electron chi connectivity index (χ2n) is 4.38. The molecule has 0 saturated carbocycles. The molecule has 0 N–H and O–H groups in total. The van der Waals surface area contributed by atoms with E-state index in [2.05, 4.69) is 4.98 Å². The number of benzene rings is 1. The van der Waals surface area contributed by atoms with E-state index in [0.29, 0.717) is 12.1 Å². The summed E-state index contributed by atoms with van der Waals surface area (Å²) in [6.07, 6.45) is 0. The molecule has 0 fully saturated rings. The average Bonchev–Trinajstić information content (AvgIpc) is 2.91. The van der Waals surface area contributed by atoms with E-state index in [1.54, 1.807) is 11.6 Å². The maximum absolute atomic E-state index is 12.1. The molecule has 0 aliphatic rings. The van der Waals surface area contributed by atoms with Gasteiger partial charge >= 0.3 is 0 Å². The summed E-state index contributed by atoms with van der Waals surface area (Å²) in [6, 6.07) is 5.78. The number of likely N-dealkylation sites (N-methyl/N-ethyl adjacent to an activating group) is 1. The minimum atomic E-state index is -0.504. The van der Waals surface area contributed by atoms with E-state index in [0.717, 1.165) is 5.69 Å². The van der Waals surface area contributed by atoms with Crippen LogP contribution < -0.4 is 0 Å². The van der Waals surface area contributed by atoms with Crippen LogP contribution in [-0.4, -0.2) is 34.2 Å². The number of nitro benzene ring substituents is 1. The first-order valence-corrected chi connectivity index (χ1v) is 6.84. The molecule has 0 aliphatic heterocycles. The van der Waals surface area contributed by atoms with Crippen LogP contribution in [0, 0.1) is 10.1 Å². The predicted molar refractivity (Wildman–Crippen MR) is 75.9 cm³/mol. The lowest BCUT2D eigenvalue weighted by atomic mass is 10.1. The number of hydrogen-bond acceptors (Lipinski definition) is 6. The number of thiazole rings is 1. The Morgan fingerprint density at radius 3 is 2.95 bits per heavy atom. The molecule has 0 spiro atoms.